The Morgan fingerprint density at radius 2 is 1.90 bits per heavy atom. The standard InChI is InChI=1S/C12H6Br2F3NO2/c13-9-2-1-6(5-8(9)12(15,16)17)18-11(19)7-3-4-20-10(7)14/h1-5H,(H,18,19). The zero-order valence-corrected chi connectivity index (χ0v) is 12.8. The van der Waals surface area contributed by atoms with Crippen LogP contribution in [0.1, 0.15) is 15.9 Å². The topological polar surface area (TPSA) is 42.2 Å². The van der Waals surface area contributed by atoms with Crippen molar-refractivity contribution in [3.8, 4) is 0 Å². The van der Waals surface area contributed by atoms with E-state index < -0.39 is 17.6 Å². The number of carbonyl (C=O) groups is 1. The van der Waals surface area contributed by atoms with Crippen molar-refractivity contribution < 1.29 is 22.4 Å². The number of benzene rings is 1. The molecule has 106 valence electrons. The molecule has 8 heteroatoms. The fourth-order valence-electron chi connectivity index (χ4n) is 1.47. The third kappa shape index (κ3) is 3.24. The van der Waals surface area contributed by atoms with E-state index in [2.05, 4.69) is 37.2 Å². The average molecular weight is 413 g/mol. The molecule has 1 aromatic heterocycles. The van der Waals surface area contributed by atoms with Gasteiger partial charge in [-0.1, -0.05) is 15.9 Å². The number of furan rings is 1. The summed E-state index contributed by atoms with van der Waals surface area (Å²) in [7, 11) is 0. The number of nitrogens with one attached hydrogen (secondary N) is 1. The van der Waals surface area contributed by atoms with Gasteiger partial charge >= 0.3 is 6.18 Å². The molecule has 0 radical (unpaired) electrons. The molecular formula is C12H6Br2F3NO2. The van der Waals surface area contributed by atoms with Crippen molar-refractivity contribution in [1.29, 1.82) is 0 Å². The van der Waals surface area contributed by atoms with E-state index in [-0.39, 0.29) is 20.4 Å². The Labute approximate surface area is 128 Å². The first-order chi connectivity index (χ1) is 9.29. The molecule has 0 bridgehead atoms. The molecule has 1 N–H and O–H groups in total. The maximum absolute atomic E-state index is 12.7. The number of hydrogen-bond donors (Lipinski definition) is 1. The van der Waals surface area contributed by atoms with Crippen molar-refractivity contribution in [1.82, 2.24) is 0 Å². The lowest BCUT2D eigenvalue weighted by molar-refractivity contribution is -0.138. The van der Waals surface area contributed by atoms with Crippen LogP contribution < -0.4 is 5.32 Å². The first-order valence-corrected chi connectivity index (χ1v) is 6.78. The molecule has 1 aromatic carbocycles. The highest BCUT2D eigenvalue weighted by atomic mass is 79.9. The molecule has 0 atom stereocenters. The molecular weight excluding hydrogens is 407 g/mol. The predicted molar refractivity (Wildman–Crippen MR) is 73.5 cm³/mol. The van der Waals surface area contributed by atoms with Crippen LogP contribution in [0.15, 0.2) is 44.1 Å². The van der Waals surface area contributed by atoms with Gasteiger partial charge in [0.05, 0.1) is 17.4 Å². The molecule has 0 aliphatic heterocycles. The summed E-state index contributed by atoms with van der Waals surface area (Å²) in [6.07, 6.45) is -3.21. The van der Waals surface area contributed by atoms with Crippen LogP contribution in [-0.4, -0.2) is 5.91 Å². The summed E-state index contributed by atoms with van der Waals surface area (Å²) in [6.45, 7) is 0. The zero-order valence-electron chi connectivity index (χ0n) is 9.59. The van der Waals surface area contributed by atoms with Gasteiger partial charge in [-0.2, -0.15) is 13.2 Å². The average Bonchev–Trinajstić information content (AvgIpc) is 2.76. The smallest absolute Gasteiger partial charge is 0.417 e. The summed E-state index contributed by atoms with van der Waals surface area (Å²) in [5.74, 6) is -0.568. The summed E-state index contributed by atoms with van der Waals surface area (Å²) in [6, 6.07) is 4.85. The highest BCUT2D eigenvalue weighted by molar-refractivity contribution is 9.10. The van der Waals surface area contributed by atoms with E-state index in [4.69, 9.17) is 4.42 Å². The molecule has 0 aliphatic rings. The minimum absolute atomic E-state index is 0.0404. The minimum Gasteiger partial charge on any atom is -0.457 e. The molecule has 0 fully saturated rings. The Kier molecular flexibility index (Phi) is 4.24. The van der Waals surface area contributed by atoms with Crippen LogP contribution in [0.5, 0.6) is 0 Å². The van der Waals surface area contributed by atoms with E-state index in [0.717, 1.165) is 6.07 Å². The number of halogens is 5. The highest BCUT2D eigenvalue weighted by Gasteiger charge is 2.33. The molecule has 3 nitrogen and oxygen atoms in total. The first-order valence-electron chi connectivity index (χ1n) is 5.20. The van der Waals surface area contributed by atoms with E-state index in [1.165, 1.54) is 24.5 Å². The third-order valence-corrected chi connectivity index (χ3v) is 3.70. The second-order valence-electron chi connectivity index (χ2n) is 3.75. The second kappa shape index (κ2) is 5.61. The molecule has 0 saturated carbocycles. The van der Waals surface area contributed by atoms with Gasteiger partial charge in [0.1, 0.15) is 0 Å². The molecule has 0 saturated heterocycles. The normalized spacial score (nSPS) is 11.4. The molecule has 0 unspecified atom stereocenters. The molecule has 2 rings (SSSR count). The van der Waals surface area contributed by atoms with Gasteiger partial charge in [0.2, 0.25) is 0 Å². The van der Waals surface area contributed by atoms with E-state index in [1.807, 2.05) is 0 Å². The molecule has 0 aliphatic carbocycles. The number of carbonyl (C=O) groups excluding carboxylic acids is 1. The number of hydrogen-bond acceptors (Lipinski definition) is 2. The van der Waals surface area contributed by atoms with Crippen molar-refractivity contribution in [2.24, 2.45) is 0 Å². The Morgan fingerprint density at radius 3 is 2.45 bits per heavy atom. The largest absolute Gasteiger partial charge is 0.457 e. The summed E-state index contributed by atoms with van der Waals surface area (Å²) in [5, 5.41) is 2.38. The van der Waals surface area contributed by atoms with Crippen molar-refractivity contribution in [3.63, 3.8) is 0 Å². The van der Waals surface area contributed by atoms with Gasteiger partial charge in [-0.15, -0.1) is 0 Å². The Balaban J connectivity index is 2.27. The van der Waals surface area contributed by atoms with Crippen molar-refractivity contribution in [2.75, 3.05) is 5.32 Å². The monoisotopic (exact) mass is 411 g/mol. The van der Waals surface area contributed by atoms with Crippen LogP contribution in [0.4, 0.5) is 18.9 Å². The summed E-state index contributed by atoms with van der Waals surface area (Å²) in [4.78, 5) is 11.8. The number of rotatable bonds is 2. The highest BCUT2D eigenvalue weighted by Crippen LogP contribution is 2.36. The summed E-state index contributed by atoms with van der Waals surface area (Å²) >= 11 is 5.85. The van der Waals surface area contributed by atoms with Crippen LogP contribution in [-0.2, 0) is 6.18 Å². The molecule has 1 heterocycles. The molecule has 20 heavy (non-hydrogen) atoms. The predicted octanol–water partition coefficient (Wildman–Crippen LogP) is 5.08. The zero-order chi connectivity index (χ0) is 14.9. The van der Waals surface area contributed by atoms with Crippen molar-refractivity contribution in [3.05, 3.63) is 50.8 Å². The Morgan fingerprint density at radius 1 is 1.20 bits per heavy atom. The van der Waals surface area contributed by atoms with Gasteiger partial charge < -0.3 is 9.73 Å². The van der Waals surface area contributed by atoms with Crippen LogP contribution in [0.25, 0.3) is 0 Å². The van der Waals surface area contributed by atoms with E-state index >= 15 is 0 Å². The maximum Gasteiger partial charge on any atom is 0.417 e. The van der Waals surface area contributed by atoms with Gasteiger partial charge in [0, 0.05) is 10.2 Å². The lowest BCUT2D eigenvalue weighted by atomic mass is 10.2. The fourth-order valence-corrected chi connectivity index (χ4v) is 2.37. The fraction of sp³-hybridized carbons (Fsp3) is 0.0833. The van der Waals surface area contributed by atoms with Crippen LogP contribution in [0, 0.1) is 0 Å². The SMILES string of the molecule is O=C(Nc1ccc(Br)c(C(F)(F)F)c1)c1ccoc1Br. The van der Waals surface area contributed by atoms with E-state index in [0.29, 0.717) is 0 Å². The van der Waals surface area contributed by atoms with Gasteiger partial charge in [-0.25, -0.2) is 0 Å². The first kappa shape index (κ1) is 15.1. The van der Waals surface area contributed by atoms with Crippen LogP contribution in [0.2, 0.25) is 0 Å². The quantitative estimate of drug-likeness (QED) is 0.747. The van der Waals surface area contributed by atoms with Crippen LogP contribution >= 0.6 is 31.9 Å². The maximum atomic E-state index is 12.7. The Hall–Kier alpha value is -1.28. The second-order valence-corrected chi connectivity index (χ2v) is 5.33. The lowest BCUT2D eigenvalue weighted by Gasteiger charge is -2.11. The van der Waals surface area contributed by atoms with Gasteiger partial charge in [-0.3, -0.25) is 4.79 Å². The number of alkyl halides is 3. The summed E-state index contributed by atoms with van der Waals surface area (Å²) in [5.41, 5.74) is -0.623. The van der Waals surface area contributed by atoms with Crippen molar-refractivity contribution >= 4 is 43.5 Å². The van der Waals surface area contributed by atoms with Gasteiger partial charge in [-0.05, 0) is 40.2 Å². The van der Waals surface area contributed by atoms with Crippen molar-refractivity contribution in [2.45, 2.75) is 6.18 Å². The Bertz CT molecular complexity index is 652. The minimum atomic E-state index is -4.50. The van der Waals surface area contributed by atoms with E-state index in [9.17, 15) is 18.0 Å². The molecule has 1 amide bonds. The van der Waals surface area contributed by atoms with E-state index in [1.54, 1.807) is 0 Å². The van der Waals surface area contributed by atoms with Gasteiger partial charge in [0.25, 0.3) is 5.91 Å². The number of amides is 1. The lowest BCUT2D eigenvalue weighted by Crippen LogP contribution is -2.13. The number of anilines is 1. The molecule has 0 spiro atoms. The molecule has 2 aromatic rings. The van der Waals surface area contributed by atoms with Crippen LogP contribution in [0.3, 0.4) is 0 Å². The summed E-state index contributed by atoms with van der Waals surface area (Å²) < 4.78 is 43.2. The van der Waals surface area contributed by atoms with Gasteiger partial charge in [0.15, 0.2) is 4.67 Å². The third-order valence-electron chi connectivity index (χ3n) is 2.39.